The molecule has 13 heavy (non-hydrogen) atoms. The SMILES string of the molecule is CCCC(C)C(=O)c1ccsc1C. The van der Waals surface area contributed by atoms with E-state index in [9.17, 15) is 4.79 Å². The molecule has 0 aromatic carbocycles. The number of thiophene rings is 1. The van der Waals surface area contributed by atoms with Crippen molar-refractivity contribution in [3.05, 3.63) is 21.9 Å². The molecule has 0 N–H and O–H groups in total. The fraction of sp³-hybridized carbons (Fsp3) is 0.545. The van der Waals surface area contributed by atoms with Gasteiger partial charge in [0.1, 0.15) is 0 Å². The fourth-order valence-corrected chi connectivity index (χ4v) is 2.17. The first-order valence-corrected chi connectivity index (χ1v) is 5.63. The molecule has 1 nitrogen and oxygen atoms in total. The molecule has 1 rings (SSSR count). The van der Waals surface area contributed by atoms with Gasteiger partial charge >= 0.3 is 0 Å². The van der Waals surface area contributed by atoms with Crippen molar-refractivity contribution in [2.24, 2.45) is 5.92 Å². The highest BCUT2D eigenvalue weighted by molar-refractivity contribution is 7.10. The number of rotatable bonds is 4. The summed E-state index contributed by atoms with van der Waals surface area (Å²) in [6.07, 6.45) is 2.07. The average molecular weight is 196 g/mol. The van der Waals surface area contributed by atoms with E-state index < -0.39 is 0 Å². The van der Waals surface area contributed by atoms with E-state index in [1.807, 2.05) is 25.3 Å². The van der Waals surface area contributed by atoms with Gasteiger partial charge in [-0.15, -0.1) is 11.3 Å². The summed E-state index contributed by atoms with van der Waals surface area (Å²) in [4.78, 5) is 13.0. The van der Waals surface area contributed by atoms with E-state index in [1.54, 1.807) is 11.3 Å². The molecule has 1 heterocycles. The highest BCUT2D eigenvalue weighted by Crippen LogP contribution is 2.20. The zero-order chi connectivity index (χ0) is 9.84. The third kappa shape index (κ3) is 2.41. The smallest absolute Gasteiger partial charge is 0.166 e. The van der Waals surface area contributed by atoms with Crippen LogP contribution in [0.4, 0.5) is 0 Å². The largest absolute Gasteiger partial charge is 0.294 e. The van der Waals surface area contributed by atoms with E-state index in [0.29, 0.717) is 5.78 Å². The fourth-order valence-electron chi connectivity index (χ4n) is 1.47. The van der Waals surface area contributed by atoms with Gasteiger partial charge in [0.05, 0.1) is 0 Å². The highest BCUT2D eigenvalue weighted by Gasteiger charge is 2.16. The number of aryl methyl sites for hydroxylation is 1. The summed E-state index contributed by atoms with van der Waals surface area (Å²) >= 11 is 1.65. The van der Waals surface area contributed by atoms with E-state index in [-0.39, 0.29) is 5.92 Å². The quantitative estimate of drug-likeness (QED) is 0.671. The van der Waals surface area contributed by atoms with Gasteiger partial charge in [-0.05, 0) is 24.8 Å². The van der Waals surface area contributed by atoms with Crippen LogP contribution in [0.15, 0.2) is 11.4 Å². The molecule has 0 amide bonds. The zero-order valence-corrected chi connectivity index (χ0v) is 9.28. The predicted molar refractivity (Wildman–Crippen MR) is 57.5 cm³/mol. The second-order valence-electron chi connectivity index (χ2n) is 3.44. The molecule has 0 saturated heterocycles. The summed E-state index contributed by atoms with van der Waals surface area (Å²) < 4.78 is 0. The van der Waals surface area contributed by atoms with Crippen molar-refractivity contribution in [3.63, 3.8) is 0 Å². The van der Waals surface area contributed by atoms with Gasteiger partial charge in [-0.25, -0.2) is 0 Å². The molecule has 1 aromatic heterocycles. The minimum Gasteiger partial charge on any atom is -0.294 e. The first-order chi connectivity index (χ1) is 6.16. The number of carbonyl (C=O) groups is 1. The Bertz CT molecular complexity index is 288. The molecule has 1 aromatic rings. The lowest BCUT2D eigenvalue weighted by atomic mass is 9.96. The van der Waals surface area contributed by atoms with Gasteiger partial charge in [0.2, 0.25) is 0 Å². The lowest BCUT2D eigenvalue weighted by molar-refractivity contribution is 0.0923. The van der Waals surface area contributed by atoms with Crippen LogP contribution in [0.1, 0.15) is 41.9 Å². The molecule has 0 spiro atoms. The van der Waals surface area contributed by atoms with Crippen LogP contribution in [0.25, 0.3) is 0 Å². The van der Waals surface area contributed by atoms with Crippen molar-refractivity contribution < 1.29 is 4.79 Å². The van der Waals surface area contributed by atoms with Gasteiger partial charge in [-0.3, -0.25) is 4.79 Å². The molecule has 72 valence electrons. The number of Topliss-reactive ketones (excluding diaryl/α,β-unsaturated/α-hetero) is 1. The van der Waals surface area contributed by atoms with Crippen LogP contribution in [0, 0.1) is 12.8 Å². The molecular formula is C11H16OS. The standard InChI is InChI=1S/C11H16OS/c1-4-5-8(2)11(12)10-6-7-13-9(10)3/h6-8H,4-5H2,1-3H3. The number of hydrogen-bond acceptors (Lipinski definition) is 2. The molecule has 2 heteroatoms. The van der Waals surface area contributed by atoms with E-state index in [2.05, 4.69) is 6.92 Å². The Hall–Kier alpha value is -0.630. The number of ketones is 1. The summed E-state index contributed by atoms with van der Waals surface area (Å²) in [6, 6.07) is 1.94. The Kier molecular flexibility index (Phi) is 3.67. The van der Waals surface area contributed by atoms with E-state index >= 15 is 0 Å². The molecule has 1 atom stereocenters. The summed E-state index contributed by atoms with van der Waals surface area (Å²) in [6.45, 7) is 6.14. The van der Waals surface area contributed by atoms with Crippen LogP contribution in [-0.4, -0.2) is 5.78 Å². The van der Waals surface area contributed by atoms with Crippen molar-refractivity contribution >= 4 is 17.1 Å². The molecule has 0 aliphatic heterocycles. The molecule has 1 unspecified atom stereocenters. The third-order valence-electron chi connectivity index (χ3n) is 2.29. The molecule has 0 aliphatic carbocycles. The Morgan fingerprint density at radius 3 is 2.77 bits per heavy atom. The molecular weight excluding hydrogens is 180 g/mol. The van der Waals surface area contributed by atoms with E-state index in [1.165, 1.54) is 0 Å². The topological polar surface area (TPSA) is 17.1 Å². The summed E-state index contributed by atoms with van der Waals surface area (Å²) in [5, 5.41) is 1.99. The Balaban J connectivity index is 2.73. The van der Waals surface area contributed by atoms with Gasteiger partial charge in [-0.1, -0.05) is 20.3 Å². The normalized spacial score (nSPS) is 12.8. The lowest BCUT2D eigenvalue weighted by Crippen LogP contribution is -2.10. The van der Waals surface area contributed by atoms with Crippen molar-refractivity contribution in [2.75, 3.05) is 0 Å². The second-order valence-corrected chi connectivity index (χ2v) is 4.56. The zero-order valence-electron chi connectivity index (χ0n) is 8.46. The van der Waals surface area contributed by atoms with Crippen molar-refractivity contribution in [3.8, 4) is 0 Å². The first-order valence-electron chi connectivity index (χ1n) is 4.75. The molecule has 0 saturated carbocycles. The van der Waals surface area contributed by atoms with Crippen LogP contribution in [0.5, 0.6) is 0 Å². The summed E-state index contributed by atoms with van der Waals surface area (Å²) in [7, 11) is 0. The van der Waals surface area contributed by atoms with Gasteiger partial charge in [-0.2, -0.15) is 0 Å². The van der Waals surface area contributed by atoms with E-state index in [4.69, 9.17) is 0 Å². The third-order valence-corrected chi connectivity index (χ3v) is 3.14. The van der Waals surface area contributed by atoms with Crippen molar-refractivity contribution in [2.45, 2.75) is 33.6 Å². The maximum absolute atomic E-state index is 11.8. The molecule has 0 fully saturated rings. The van der Waals surface area contributed by atoms with Crippen LogP contribution < -0.4 is 0 Å². The second kappa shape index (κ2) is 4.56. The van der Waals surface area contributed by atoms with Crippen LogP contribution >= 0.6 is 11.3 Å². The summed E-state index contributed by atoms with van der Waals surface area (Å²) in [5.41, 5.74) is 0.922. The molecule has 0 radical (unpaired) electrons. The molecule has 0 bridgehead atoms. The maximum atomic E-state index is 11.8. The van der Waals surface area contributed by atoms with Gasteiger partial charge in [0.25, 0.3) is 0 Å². The minimum absolute atomic E-state index is 0.179. The van der Waals surface area contributed by atoms with Gasteiger partial charge < -0.3 is 0 Å². The predicted octanol–water partition coefficient (Wildman–Crippen LogP) is 3.68. The highest BCUT2D eigenvalue weighted by atomic mass is 32.1. The number of carbonyl (C=O) groups excluding carboxylic acids is 1. The Labute approximate surface area is 83.8 Å². The van der Waals surface area contributed by atoms with Crippen LogP contribution in [0.2, 0.25) is 0 Å². The maximum Gasteiger partial charge on any atom is 0.166 e. The van der Waals surface area contributed by atoms with Crippen LogP contribution in [-0.2, 0) is 0 Å². The molecule has 0 aliphatic rings. The Morgan fingerprint density at radius 1 is 1.62 bits per heavy atom. The number of hydrogen-bond donors (Lipinski definition) is 0. The van der Waals surface area contributed by atoms with Crippen LogP contribution in [0.3, 0.4) is 0 Å². The monoisotopic (exact) mass is 196 g/mol. The van der Waals surface area contributed by atoms with Gasteiger partial charge in [0.15, 0.2) is 5.78 Å². The first kappa shape index (κ1) is 10.5. The summed E-state index contributed by atoms with van der Waals surface area (Å²) in [5.74, 6) is 0.485. The lowest BCUT2D eigenvalue weighted by Gasteiger charge is -2.07. The van der Waals surface area contributed by atoms with E-state index in [0.717, 1.165) is 23.3 Å². The van der Waals surface area contributed by atoms with Crippen molar-refractivity contribution in [1.29, 1.82) is 0 Å². The average Bonchev–Trinajstić information content (AvgIpc) is 2.50. The van der Waals surface area contributed by atoms with Crippen molar-refractivity contribution in [1.82, 2.24) is 0 Å². The van der Waals surface area contributed by atoms with Gasteiger partial charge in [0, 0.05) is 16.4 Å². The minimum atomic E-state index is 0.179. The Morgan fingerprint density at radius 2 is 2.31 bits per heavy atom.